The average molecular weight is 400 g/mol. The average Bonchev–Trinajstić information content (AvgIpc) is 2.97. The van der Waals surface area contributed by atoms with E-state index >= 15 is 0 Å². The number of oxime groups is 1. The summed E-state index contributed by atoms with van der Waals surface area (Å²) in [4.78, 5) is 44.4. The number of carbonyl (C=O) groups excluding carboxylic acids is 3. The zero-order chi connectivity index (χ0) is 20.8. The highest BCUT2D eigenvalue weighted by molar-refractivity contribution is 7.14. The number of amides is 1. The Hall–Kier alpha value is -2.53. The lowest BCUT2D eigenvalue weighted by Gasteiger charge is -2.27. The standard InChI is InChI=1S/C16H24N4O6S/c1-9(21)25-7-10(20-24-6)11-8-27-14(18-11)19-12(22)16(5,17)13(23)26-15(2,3)4/h8H,7,17H2,1-6H3,(H,18,19,22)/t16-/m0/s1. The number of esters is 2. The molecule has 150 valence electrons. The highest BCUT2D eigenvalue weighted by atomic mass is 32.1. The van der Waals surface area contributed by atoms with Crippen molar-refractivity contribution >= 4 is 40.0 Å². The van der Waals surface area contributed by atoms with E-state index in [1.807, 2.05) is 0 Å². The van der Waals surface area contributed by atoms with Crippen LogP contribution >= 0.6 is 11.3 Å². The van der Waals surface area contributed by atoms with Crippen molar-refractivity contribution < 1.29 is 28.7 Å². The van der Waals surface area contributed by atoms with Gasteiger partial charge < -0.3 is 20.0 Å². The van der Waals surface area contributed by atoms with Gasteiger partial charge in [-0.05, 0) is 27.7 Å². The lowest BCUT2D eigenvalue weighted by molar-refractivity contribution is -0.162. The maximum atomic E-state index is 12.4. The predicted molar refractivity (Wildman–Crippen MR) is 99.4 cm³/mol. The predicted octanol–water partition coefficient (Wildman–Crippen LogP) is 1.05. The van der Waals surface area contributed by atoms with E-state index in [1.165, 1.54) is 21.0 Å². The number of hydrogen-bond donors (Lipinski definition) is 2. The molecular formula is C16H24N4O6S. The van der Waals surface area contributed by atoms with Crippen molar-refractivity contribution in [3.8, 4) is 0 Å². The van der Waals surface area contributed by atoms with E-state index in [0.717, 1.165) is 11.3 Å². The van der Waals surface area contributed by atoms with Crippen LogP contribution in [-0.2, 0) is 28.7 Å². The normalized spacial score (nSPS) is 14.1. The molecule has 0 aliphatic rings. The van der Waals surface area contributed by atoms with Crippen molar-refractivity contribution in [1.29, 1.82) is 0 Å². The largest absolute Gasteiger partial charge is 0.459 e. The minimum absolute atomic E-state index is 0.146. The van der Waals surface area contributed by atoms with Crippen LogP contribution in [0, 0.1) is 0 Å². The first-order valence-corrected chi connectivity index (χ1v) is 8.78. The molecule has 1 aromatic rings. The minimum Gasteiger partial charge on any atom is -0.459 e. The van der Waals surface area contributed by atoms with Crippen LogP contribution in [0.5, 0.6) is 0 Å². The molecule has 0 fully saturated rings. The number of nitrogens with two attached hydrogens (primary N) is 1. The molecule has 27 heavy (non-hydrogen) atoms. The number of thiazole rings is 1. The van der Waals surface area contributed by atoms with Crippen LogP contribution in [0.2, 0.25) is 0 Å². The van der Waals surface area contributed by atoms with E-state index in [-0.39, 0.29) is 17.5 Å². The second-order valence-corrected chi connectivity index (χ2v) is 7.56. The first-order chi connectivity index (χ1) is 12.4. The third-order valence-corrected chi connectivity index (χ3v) is 3.69. The molecule has 0 aromatic carbocycles. The number of aromatic nitrogens is 1. The number of hydrogen-bond acceptors (Lipinski definition) is 10. The van der Waals surface area contributed by atoms with Crippen LogP contribution in [-0.4, -0.2) is 53.4 Å². The van der Waals surface area contributed by atoms with Crippen molar-refractivity contribution in [3.05, 3.63) is 11.1 Å². The Morgan fingerprint density at radius 1 is 1.30 bits per heavy atom. The Morgan fingerprint density at radius 2 is 1.93 bits per heavy atom. The second-order valence-electron chi connectivity index (χ2n) is 6.70. The van der Waals surface area contributed by atoms with Gasteiger partial charge in [-0.15, -0.1) is 11.3 Å². The fourth-order valence-electron chi connectivity index (χ4n) is 1.59. The summed E-state index contributed by atoms with van der Waals surface area (Å²) in [6, 6.07) is 0. The summed E-state index contributed by atoms with van der Waals surface area (Å²) < 4.78 is 10.0. The maximum Gasteiger partial charge on any atom is 0.336 e. The number of carbonyl (C=O) groups is 3. The van der Waals surface area contributed by atoms with Gasteiger partial charge in [-0.25, -0.2) is 9.78 Å². The van der Waals surface area contributed by atoms with E-state index in [4.69, 9.17) is 20.0 Å². The fourth-order valence-corrected chi connectivity index (χ4v) is 2.31. The summed E-state index contributed by atoms with van der Waals surface area (Å²) in [5.74, 6) is -2.12. The van der Waals surface area contributed by atoms with Gasteiger partial charge in [0.05, 0.1) is 0 Å². The van der Waals surface area contributed by atoms with Gasteiger partial charge in [0, 0.05) is 12.3 Å². The number of nitrogens with zero attached hydrogens (tertiary/aromatic N) is 2. The topological polar surface area (TPSA) is 142 Å². The molecule has 0 unspecified atom stereocenters. The monoisotopic (exact) mass is 400 g/mol. The van der Waals surface area contributed by atoms with Gasteiger partial charge in [-0.1, -0.05) is 5.16 Å². The van der Waals surface area contributed by atoms with Crippen molar-refractivity contribution in [2.24, 2.45) is 10.9 Å². The quantitative estimate of drug-likeness (QED) is 0.299. The van der Waals surface area contributed by atoms with Gasteiger partial charge in [0.25, 0.3) is 5.91 Å². The molecule has 10 nitrogen and oxygen atoms in total. The Bertz CT molecular complexity index is 736. The zero-order valence-corrected chi connectivity index (χ0v) is 16.9. The Labute approximate surface area is 161 Å². The fraction of sp³-hybridized carbons (Fsp3) is 0.562. The van der Waals surface area contributed by atoms with E-state index in [0.29, 0.717) is 5.69 Å². The smallest absolute Gasteiger partial charge is 0.336 e. The molecule has 1 aromatic heterocycles. The molecule has 1 rings (SSSR count). The van der Waals surface area contributed by atoms with Crippen LogP contribution in [0.15, 0.2) is 10.5 Å². The van der Waals surface area contributed by atoms with Crippen molar-refractivity contribution in [2.45, 2.75) is 45.8 Å². The minimum atomic E-state index is -1.90. The number of rotatable bonds is 7. The third kappa shape index (κ3) is 6.94. The number of ether oxygens (including phenoxy) is 2. The molecule has 1 heterocycles. The zero-order valence-electron chi connectivity index (χ0n) is 16.1. The summed E-state index contributed by atoms with van der Waals surface area (Å²) in [7, 11) is 1.34. The summed E-state index contributed by atoms with van der Waals surface area (Å²) in [6.07, 6.45) is 0. The Morgan fingerprint density at radius 3 is 2.44 bits per heavy atom. The Balaban J connectivity index is 2.88. The molecule has 0 saturated carbocycles. The van der Waals surface area contributed by atoms with Crippen LogP contribution in [0.1, 0.15) is 40.3 Å². The lowest BCUT2D eigenvalue weighted by Crippen LogP contribution is -2.57. The number of nitrogens with one attached hydrogen (secondary N) is 1. The van der Waals surface area contributed by atoms with E-state index in [9.17, 15) is 14.4 Å². The van der Waals surface area contributed by atoms with Crippen molar-refractivity contribution in [2.75, 3.05) is 19.0 Å². The van der Waals surface area contributed by atoms with Gasteiger partial charge >= 0.3 is 11.9 Å². The highest BCUT2D eigenvalue weighted by Gasteiger charge is 2.41. The molecule has 0 radical (unpaired) electrons. The summed E-state index contributed by atoms with van der Waals surface area (Å²) in [5.41, 5.74) is 3.76. The van der Waals surface area contributed by atoms with Crippen LogP contribution in [0.25, 0.3) is 0 Å². The van der Waals surface area contributed by atoms with E-state index in [1.54, 1.807) is 26.2 Å². The third-order valence-electron chi connectivity index (χ3n) is 2.93. The lowest BCUT2D eigenvalue weighted by atomic mass is 10.0. The van der Waals surface area contributed by atoms with Gasteiger partial charge in [0.15, 0.2) is 10.7 Å². The SMILES string of the molecule is CON=C(COC(C)=O)c1csc(NC(=O)[C@](C)(N)C(=O)OC(C)(C)C)n1. The maximum absolute atomic E-state index is 12.4. The van der Waals surface area contributed by atoms with E-state index < -0.39 is 29.0 Å². The summed E-state index contributed by atoms with van der Waals surface area (Å²) >= 11 is 1.08. The van der Waals surface area contributed by atoms with Gasteiger partial charge in [-0.3, -0.25) is 14.9 Å². The second kappa shape index (κ2) is 8.91. The molecule has 0 aliphatic carbocycles. The summed E-state index contributed by atoms with van der Waals surface area (Å²) in [6.45, 7) is 7.38. The Kier molecular flexibility index (Phi) is 7.43. The van der Waals surface area contributed by atoms with E-state index in [2.05, 4.69) is 15.5 Å². The molecular weight excluding hydrogens is 376 g/mol. The van der Waals surface area contributed by atoms with Crippen LogP contribution in [0.3, 0.4) is 0 Å². The molecule has 1 amide bonds. The van der Waals surface area contributed by atoms with Gasteiger partial charge in [0.1, 0.15) is 30.7 Å². The van der Waals surface area contributed by atoms with Gasteiger partial charge in [-0.2, -0.15) is 0 Å². The first-order valence-electron chi connectivity index (χ1n) is 7.90. The van der Waals surface area contributed by atoms with Crippen LogP contribution < -0.4 is 11.1 Å². The van der Waals surface area contributed by atoms with Crippen LogP contribution in [0.4, 0.5) is 5.13 Å². The molecule has 11 heteroatoms. The molecule has 1 atom stereocenters. The summed E-state index contributed by atoms with van der Waals surface area (Å²) in [5, 5.41) is 7.98. The molecule has 3 N–H and O–H groups in total. The highest BCUT2D eigenvalue weighted by Crippen LogP contribution is 2.19. The van der Waals surface area contributed by atoms with Crippen molar-refractivity contribution in [1.82, 2.24) is 4.98 Å². The molecule has 0 aliphatic heterocycles. The molecule has 0 spiro atoms. The molecule has 0 saturated heterocycles. The van der Waals surface area contributed by atoms with Crippen molar-refractivity contribution in [3.63, 3.8) is 0 Å². The first kappa shape index (κ1) is 22.5. The number of anilines is 1. The van der Waals surface area contributed by atoms with Gasteiger partial charge in [0.2, 0.25) is 0 Å². The molecule has 0 bridgehead atoms.